The van der Waals surface area contributed by atoms with Gasteiger partial charge in [0.2, 0.25) is 0 Å². The zero-order valence-corrected chi connectivity index (χ0v) is 19.2. The lowest BCUT2D eigenvalue weighted by molar-refractivity contribution is -0.139. The molecule has 0 radical (unpaired) electrons. The van der Waals surface area contributed by atoms with Gasteiger partial charge in [0, 0.05) is 18.8 Å². The van der Waals surface area contributed by atoms with E-state index >= 15 is 0 Å². The normalized spacial score (nSPS) is 16.1. The van der Waals surface area contributed by atoms with Gasteiger partial charge in [-0.1, -0.05) is 66.7 Å². The molecule has 3 aromatic carbocycles. The van der Waals surface area contributed by atoms with E-state index in [4.69, 9.17) is 9.47 Å². The number of alkyl carbamates (subject to hydrolysis) is 1. The fourth-order valence-electron chi connectivity index (χ4n) is 5.04. The number of para-hydroxylation sites is 1. The number of nitrogens with one attached hydrogen (secondary N) is 1. The predicted octanol–water partition coefficient (Wildman–Crippen LogP) is 4.93. The summed E-state index contributed by atoms with van der Waals surface area (Å²) in [7, 11) is 0. The average Bonchev–Trinajstić information content (AvgIpc) is 3.30. The molecule has 0 saturated heterocycles. The van der Waals surface area contributed by atoms with Crippen molar-refractivity contribution in [1.82, 2.24) is 5.32 Å². The van der Waals surface area contributed by atoms with Crippen LogP contribution in [0.25, 0.3) is 11.1 Å². The number of amides is 1. The van der Waals surface area contributed by atoms with E-state index in [0.29, 0.717) is 5.75 Å². The summed E-state index contributed by atoms with van der Waals surface area (Å²) in [5.41, 5.74) is 5.95. The quantitative estimate of drug-likeness (QED) is 0.548. The van der Waals surface area contributed by atoms with Crippen molar-refractivity contribution in [3.63, 3.8) is 0 Å². The molecule has 0 saturated carbocycles. The number of rotatable bonds is 6. The molecule has 2 aliphatic rings. The van der Waals surface area contributed by atoms with Crippen LogP contribution in [0, 0.1) is 0 Å². The van der Waals surface area contributed by atoms with Crippen LogP contribution in [-0.2, 0) is 22.4 Å². The highest BCUT2D eigenvalue weighted by Crippen LogP contribution is 2.44. The first-order chi connectivity index (χ1) is 16.3. The number of hydrogen-bond donors (Lipinski definition) is 2. The second kappa shape index (κ2) is 8.52. The van der Waals surface area contributed by atoms with E-state index < -0.39 is 18.1 Å². The van der Waals surface area contributed by atoms with E-state index in [1.807, 2.05) is 68.4 Å². The molecule has 6 heteroatoms. The van der Waals surface area contributed by atoms with Gasteiger partial charge in [0.05, 0.1) is 0 Å². The predicted molar refractivity (Wildman–Crippen MR) is 128 cm³/mol. The Hall–Kier alpha value is -3.80. The first kappa shape index (κ1) is 22.0. The first-order valence-electron chi connectivity index (χ1n) is 11.5. The van der Waals surface area contributed by atoms with Gasteiger partial charge in [0.15, 0.2) is 0 Å². The van der Waals surface area contributed by atoms with Gasteiger partial charge in [-0.15, -0.1) is 0 Å². The molecular weight excluding hydrogens is 430 g/mol. The Morgan fingerprint density at radius 3 is 2.32 bits per heavy atom. The number of carboxylic acids is 1. The third kappa shape index (κ3) is 4.12. The van der Waals surface area contributed by atoms with E-state index in [0.717, 1.165) is 39.8 Å². The minimum Gasteiger partial charge on any atom is -0.487 e. The van der Waals surface area contributed by atoms with Gasteiger partial charge in [0.25, 0.3) is 0 Å². The van der Waals surface area contributed by atoms with Crippen LogP contribution in [-0.4, -0.2) is 35.4 Å². The highest BCUT2D eigenvalue weighted by atomic mass is 16.5. The number of carbonyl (C=O) groups is 2. The SMILES string of the molecule is CC1(C)Cc2cccc(CC(NC(=O)OCC3c4ccccc4-c4ccccc43)C(=O)O)c2O1. The van der Waals surface area contributed by atoms with E-state index in [9.17, 15) is 14.7 Å². The van der Waals surface area contributed by atoms with Crippen molar-refractivity contribution in [2.45, 2.75) is 44.2 Å². The topological polar surface area (TPSA) is 84.9 Å². The number of aliphatic carboxylic acids is 1. The molecule has 34 heavy (non-hydrogen) atoms. The lowest BCUT2D eigenvalue weighted by atomic mass is 9.98. The molecule has 1 heterocycles. The van der Waals surface area contributed by atoms with E-state index in [1.165, 1.54) is 0 Å². The Labute approximate surface area is 198 Å². The monoisotopic (exact) mass is 457 g/mol. The zero-order chi connectivity index (χ0) is 23.9. The minimum atomic E-state index is -1.13. The van der Waals surface area contributed by atoms with Crippen LogP contribution in [0.1, 0.15) is 42.0 Å². The van der Waals surface area contributed by atoms with Gasteiger partial charge in [-0.2, -0.15) is 0 Å². The molecule has 6 nitrogen and oxygen atoms in total. The van der Waals surface area contributed by atoms with Crippen LogP contribution in [0.3, 0.4) is 0 Å². The van der Waals surface area contributed by atoms with Crippen molar-refractivity contribution in [3.05, 3.63) is 89.0 Å². The van der Waals surface area contributed by atoms with E-state index in [2.05, 4.69) is 17.4 Å². The molecule has 0 bridgehead atoms. The van der Waals surface area contributed by atoms with Crippen molar-refractivity contribution >= 4 is 12.1 Å². The third-order valence-corrected chi connectivity index (χ3v) is 6.53. The summed E-state index contributed by atoms with van der Waals surface area (Å²) in [6.45, 7) is 4.13. The van der Waals surface area contributed by atoms with Crippen LogP contribution in [0.15, 0.2) is 66.7 Å². The summed E-state index contributed by atoms with van der Waals surface area (Å²) in [5.74, 6) is -0.495. The highest BCUT2D eigenvalue weighted by Gasteiger charge is 2.33. The maximum absolute atomic E-state index is 12.6. The number of fused-ring (bicyclic) bond motifs is 4. The maximum Gasteiger partial charge on any atom is 0.407 e. The molecule has 1 aliphatic carbocycles. The Balaban J connectivity index is 1.27. The Morgan fingerprint density at radius 2 is 1.68 bits per heavy atom. The van der Waals surface area contributed by atoms with Crippen molar-refractivity contribution in [2.75, 3.05) is 6.61 Å². The Morgan fingerprint density at radius 1 is 1.03 bits per heavy atom. The summed E-state index contributed by atoms with van der Waals surface area (Å²) in [5, 5.41) is 12.3. The smallest absolute Gasteiger partial charge is 0.407 e. The minimum absolute atomic E-state index is 0.0885. The lowest BCUT2D eigenvalue weighted by Crippen LogP contribution is -2.43. The van der Waals surface area contributed by atoms with Gasteiger partial charge < -0.3 is 19.9 Å². The number of hydrogen-bond acceptors (Lipinski definition) is 4. The summed E-state index contributed by atoms with van der Waals surface area (Å²) < 4.78 is 11.6. The molecular formula is C28H27NO5. The Bertz CT molecular complexity index is 1220. The van der Waals surface area contributed by atoms with Gasteiger partial charge in [0.1, 0.15) is 24.0 Å². The zero-order valence-electron chi connectivity index (χ0n) is 19.2. The molecule has 1 atom stereocenters. The number of carboxylic acid groups (broad SMARTS) is 1. The van der Waals surface area contributed by atoms with Crippen LogP contribution >= 0.6 is 0 Å². The molecule has 2 N–H and O–H groups in total. The molecule has 3 aromatic rings. The lowest BCUT2D eigenvalue weighted by Gasteiger charge is -2.20. The first-order valence-corrected chi connectivity index (χ1v) is 11.5. The average molecular weight is 458 g/mol. The summed E-state index contributed by atoms with van der Waals surface area (Å²) >= 11 is 0. The van der Waals surface area contributed by atoms with Gasteiger partial charge in [-0.3, -0.25) is 0 Å². The van der Waals surface area contributed by atoms with Crippen LogP contribution in [0.5, 0.6) is 5.75 Å². The maximum atomic E-state index is 12.6. The second-order valence-electron chi connectivity index (χ2n) is 9.51. The summed E-state index contributed by atoms with van der Waals surface area (Å²) in [4.78, 5) is 24.6. The van der Waals surface area contributed by atoms with Crippen LogP contribution < -0.4 is 10.1 Å². The van der Waals surface area contributed by atoms with Gasteiger partial charge >= 0.3 is 12.1 Å². The summed E-state index contributed by atoms with van der Waals surface area (Å²) in [6.07, 6.45) is 0.120. The van der Waals surface area contributed by atoms with Crippen LogP contribution in [0.4, 0.5) is 4.79 Å². The molecule has 1 amide bonds. The third-order valence-electron chi connectivity index (χ3n) is 6.53. The molecule has 0 fully saturated rings. The second-order valence-corrected chi connectivity index (χ2v) is 9.51. The molecule has 0 aromatic heterocycles. The van der Waals surface area contributed by atoms with Crippen molar-refractivity contribution in [1.29, 1.82) is 0 Å². The number of benzene rings is 3. The largest absolute Gasteiger partial charge is 0.487 e. The van der Waals surface area contributed by atoms with Crippen LogP contribution in [0.2, 0.25) is 0 Å². The molecule has 1 aliphatic heterocycles. The summed E-state index contributed by atoms with van der Waals surface area (Å²) in [6, 6.07) is 20.7. The highest BCUT2D eigenvalue weighted by molar-refractivity contribution is 5.81. The number of ether oxygens (including phenoxy) is 2. The fourth-order valence-corrected chi connectivity index (χ4v) is 5.04. The van der Waals surface area contributed by atoms with E-state index in [-0.39, 0.29) is 24.5 Å². The van der Waals surface area contributed by atoms with Crippen molar-refractivity contribution < 1.29 is 24.2 Å². The molecule has 1 unspecified atom stereocenters. The van der Waals surface area contributed by atoms with Crippen molar-refractivity contribution in [3.8, 4) is 16.9 Å². The molecule has 174 valence electrons. The van der Waals surface area contributed by atoms with Gasteiger partial charge in [-0.05, 0) is 47.2 Å². The standard InChI is InChI=1S/C28H27NO5/c1-28(2)15-18-9-7-8-17(25(18)34-28)14-24(26(30)31)29-27(32)33-16-23-21-12-5-3-10-19(21)20-11-4-6-13-22(20)23/h3-13,23-24H,14-16H2,1-2H3,(H,29,32)(H,30,31). The number of carbonyl (C=O) groups excluding carboxylic acids is 1. The molecule has 0 spiro atoms. The van der Waals surface area contributed by atoms with E-state index in [1.54, 1.807) is 0 Å². The fraction of sp³-hybridized carbons (Fsp3) is 0.286. The van der Waals surface area contributed by atoms with Crippen molar-refractivity contribution in [2.24, 2.45) is 0 Å². The molecule has 5 rings (SSSR count). The Kier molecular flexibility index (Phi) is 5.52. The van der Waals surface area contributed by atoms with Gasteiger partial charge in [-0.25, -0.2) is 9.59 Å².